The van der Waals surface area contributed by atoms with Crippen molar-refractivity contribution in [2.45, 2.75) is 77.4 Å². The van der Waals surface area contributed by atoms with Crippen molar-refractivity contribution in [3.8, 4) is 12.3 Å². The average Bonchev–Trinajstić information content (AvgIpc) is 2.70. The van der Waals surface area contributed by atoms with Crippen LogP contribution in [0.4, 0.5) is 0 Å². The van der Waals surface area contributed by atoms with Gasteiger partial charge in [0.05, 0.1) is 6.54 Å². The van der Waals surface area contributed by atoms with E-state index in [1.807, 2.05) is 0 Å². The van der Waals surface area contributed by atoms with Gasteiger partial charge in [0, 0.05) is 70.5 Å². The molecule has 3 fully saturated rings. The first-order chi connectivity index (χ1) is 13.6. The third kappa shape index (κ3) is 6.20. The Bertz CT molecular complexity index is 485. The minimum absolute atomic E-state index is 0.666. The second-order valence-electron chi connectivity index (χ2n) is 9.84. The molecule has 2 saturated heterocycles. The zero-order valence-electron chi connectivity index (χ0n) is 18.8. The lowest BCUT2D eigenvalue weighted by atomic mass is 9.88. The molecule has 0 aromatic carbocycles. The molecule has 3 aliphatic rings. The molecule has 28 heavy (non-hydrogen) atoms. The van der Waals surface area contributed by atoms with Crippen LogP contribution in [0.15, 0.2) is 0 Å². The van der Waals surface area contributed by atoms with Crippen molar-refractivity contribution in [1.82, 2.24) is 19.6 Å². The van der Waals surface area contributed by atoms with E-state index in [9.17, 15) is 0 Å². The Balaban J connectivity index is 1.55. The van der Waals surface area contributed by atoms with Gasteiger partial charge in [0.15, 0.2) is 0 Å². The Kier molecular flexibility index (Phi) is 8.66. The highest BCUT2D eigenvalue weighted by atomic mass is 15.3. The lowest BCUT2D eigenvalue weighted by Gasteiger charge is -2.47. The van der Waals surface area contributed by atoms with Crippen molar-refractivity contribution in [2.24, 2.45) is 5.92 Å². The van der Waals surface area contributed by atoms with E-state index < -0.39 is 0 Å². The second kappa shape index (κ2) is 11.0. The molecule has 160 valence electrons. The van der Waals surface area contributed by atoms with Crippen molar-refractivity contribution >= 4 is 0 Å². The Hall–Kier alpha value is -0.600. The van der Waals surface area contributed by atoms with Gasteiger partial charge in [-0.05, 0) is 46.0 Å². The van der Waals surface area contributed by atoms with Gasteiger partial charge >= 0.3 is 0 Å². The summed E-state index contributed by atoms with van der Waals surface area (Å²) in [7, 11) is 0. The van der Waals surface area contributed by atoms with Crippen LogP contribution < -0.4 is 0 Å². The zero-order chi connectivity index (χ0) is 19.9. The molecule has 2 unspecified atom stereocenters. The number of hydrogen-bond acceptors (Lipinski definition) is 4. The van der Waals surface area contributed by atoms with Gasteiger partial charge in [-0.2, -0.15) is 0 Å². The highest BCUT2D eigenvalue weighted by Crippen LogP contribution is 2.27. The van der Waals surface area contributed by atoms with Gasteiger partial charge in [-0.3, -0.25) is 19.6 Å². The summed E-state index contributed by atoms with van der Waals surface area (Å²) in [5.74, 6) is 3.75. The van der Waals surface area contributed by atoms with E-state index in [0.717, 1.165) is 31.6 Å². The molecule has 0 amide bonds. The molecular formula is C24H44N4. The van der Waals surface area contributed by atoms with Crippen molar-refractivity contribution in [3.63, 3.8) is 0 Å². The van der Waals surface area contributed by atoms with Gasteiger partial charge in [-0.15, -0.1) is 6.42 Å². The fourth-order valence-corrected chi connectivity index (χ4v) is 5.59. The highest BCUT2D eigenvalue weighted by Gasteiger charge is 2.32. The Labute approximate surface area is 174 Å². The molecule has 4 nitrogen and oxygen atoms in total. The van der Waals surface area contributed by atoms with Crippen molar-refractivity contribution < 1.29 is 0 Å². The van der Waals surface area contributed by atoms with E-state index >= 15 is 0 Å². The third-order valence-corrected chi connectivity index (χ3v) is 7.54. The van der Waals surface area contributed by atoms with Gasteiger partial charge in [0.2, 0.25) is 0 Å². The molecule has 1 saturated carbocycles. The molecule has 2 heterocycles. The SMILES string of the molecule is C#CCN1CCN(C(C)CC2CN(C(C)C)CCN2CC2CCCCC2)CC1. The minimum Gasteiger partial charge on any atom is -0.298 e. The Morgan fingerprint density at radius 2 is 1.57 bits per heavy atom. The van der Waals surface area contributed by atoms with Gasteiger partial charge in [-0.1, -0.05) is 25.2 Å². The first kappa shape index (κ1) is 22.1. The normalized spacial score (nSPS) is 28.5. The summed E-state index contributed by atoms with van der Waals surface area (Å²) in [6.45, 7) is 17.7. The molecule has 2 atom stereocenters. The number of piperazine rings is 2. The predicted molar refractivity (Wildman–Crippen MR) is 120 cm³/mol. The summed E-state index contributed by atoms with van der Waals surface area (Å²) in [5, 5.41) is 0. The summed E-state index contributed by atoms with van der Waals surface area (Å²) in [4.78, 5) is 10.7. The van der Waals surface area contributed by atoms with Gasteiger partial charge < -0.3 is 0 Å². The van der Waals surface area contributed by atoms with Crippen molar-refractivity contribution in [2.75, 3.05) is 58.9 Å². The molecule has 0 N–H and O–H groups in total. The summed E-state index contributed by atoms with van der Waals surface area (Å²) in [6.07, 6.45) is 14.1. The van der Waals surface area contributed by atoms with Crippen LogP contribution in [-0.4, -0.2) is 96.6 Å². The standard InChI is InChI=1S/C24H44N4/c1-5-11-25-12-14-26(15-13-25)22(4)18-24-20-27(21(2)3)16-17-28(24)19-23-9-7-6-8-10-23/h1,21-24H,6-20H2,2-4H3. The summed E-state index contributed by atoms with van der Waals surface area (Å²) < 4.78 is 0. The van der Waals surface area contributed by atoms with Gasteiger partial charge in [0.1, 0.15) is 0 Å². The average molecular weight is 389 g/mol. The molecule has 0 aromatic rings. The van der Waals surface area contributed by atoms with Crippen LogP contribution in [0.25, 0.3) is 0 Å². The lowest BCUT2D eigenvalue weighted by molar-refractivity contribution is 0.0186. The molecule has 0 spiro atoms. The molecule has 0 radical (unpaired) electrons. The van der Waals surface area contributed by atoms with Crippen LogP contribution >= 0.6 is 0 Å². The molecule has 4 heteroatoms. The number of hydrogen-bond donors (Lipinski definition) is 0. The summed E-state index contributed by atoms with van der Waals surface area (Å²) >= 11 is 0. The second-order valence-corrected chi connectivity index (χ2v) is 9.84. The number of terminal acetylenes is 1. The van der Waals surface area contributed by atoms with Crippen LogP contribution in [0.5, 0.6) is 0 Å². The fourth-order valence-electron chi connectivity index (χ4n) is 5.59. The van der Waals surface area contributed by atoms with E-state index in [4.69, 9.17) is 6.42 Å². The molecular weight excluding hydrogens is 344 g/mol. The van der Waals surface area contributed by atoms with E-state index in [-0.39, 0.29) is 0 Å². The summed E-state index contributed by atoms with van der Waals surface area (Å²) in [5.41, 5.74) is 0. The van der Waals surface area contributed by atoms with Crippen LogP contribution in [0, 0.1) is 18.3 Å². The monoisotopic (exact) mass is 388 g/mol. The fraction of sp³-hybridized carbons (Fsp3) is 0.917. The largest absolute Gasteiger partial charge is 0.298 e. The predicted octanol–water partition coefficient (Wildman–Crippen LogP) is 2.99. The van der Waals surface area contributed by atoms with E-state index in [1.165, 1.54) is 77.8 Å². The first-order valence-corrected chi connectivity index (χ1v) is 11.9. The van der Waals surface area contributed by atoms with E-state index in [2.05, 4.69) is 46.3 Å². The molecule has 0 aromatic heterocycles. The topological polar surface area (TPSA) is 13.0 Å². The molecule has 0 bridgehead atoms. The number of rotatable bonds is 7. The quantitative estimate of drug-likeness (QED) is 0.622. The lowest BCUT2D eigenvalue weighted by Crippen LogP contribution is -2.58. The third-order valence-electron chi connectivity index (χ3n) is 7.54. The first-order valence-electron chi connectivity index (χ1n) is 11.9. The molecule has 3 rings (SSSR count). The van der Waals surface area contributed by atoms with Crippen molar-refractivity contribution in [3.05, 3.63) is 0 Å². The zero-order valence-corrected chi connectivity index (χ0v) is 18.8. The Morgan fingerprint density at radius 1 is 0.893 bits per heavy atom. The number of nitrogens with zero attached hydrogens (tertiary/aromatic N) is 4. The summed E-state index contributed by atoms with van der Waals surface area (Å²) in [6, 6.07) is 2.05. The van der Waals surface area contributed by atoms with E-state index in [1.54, 1.807) is 0 Å². The van der Waals surface area contributed by atoms with Crippen LogP contribution in [0.2, 0.25) is 0 Å². The van der Waals surface area contributed by atoms with Crippen LogP contribution in [-0.2, 0) is 0 Å². The Morgan fingerprint density at radius 3 is 2.21 bits per heavy atom. The van der Waals surface area contributed by atoms with Crippen LogP contribution in [0.3, 0.4) is 0 Å². The maximum Gasteiger partial charge on any atom is 0.0599 e. The minimum atomic E-state index is 0.666. The molecule has 2 aliphatic heterocycles. The maximum atomic E-state index is 5.49. The van der Waals surface area contributed by atoms with Gasteiger partial charge in [0.25, 0.3) is 0 Å². The molecule has 1 aliphatic carbocycles. The highest BCUT2D eigenvalue weighted by molar-refractivity contribution is 4.92. The van der Waals surface area contributed by atoms with E-state index in [0.29, 0.717) is 12.1 Å². The maximum absolute atomic E-state index is 5.49. The van der Waals surface area contributed by atoms with Gasteiger partial charge in [-0.25, -0.2) is 0 Å². The smallest absolute Gasteiger partial charge is 0.0599 e. The van der Waals surface area contributed by atoms with Crippen molar-refractivity contribution in [1.29, 1.82) is 0 Å². The van der Waals surface area contributed by atoms with Crippen LogP contribution in [0.1, 0.15) is 59.3 Å².